The molecule has 3 rings (SSSR count). The van der Waals surface area contributed by atoms with Crippen molar-refractivity contribution < 1.29 is 19.1 Å². The number of amides is 2. The molecule has 2 aliphatic heterocycles. The van der Waals surface area contributed by atoms with Crippen molar-refractivity contribution in [2.45, 2.75) is 39.3 Å². The molecule has 1 fully saturated rings. The summed E-state index contributed by atoms with van der Waals surface area (Å²) in [6.45, 7) is 5.72. The summed E-state index contributed by atoms with van der Waals surface area (Å²) < 4.78 is 5.09. The predicted molar refractivity (Wildman–Crippen MR) is 116 cm³/mol. The fourth-order valence-corrected chi connectivity index (χ4v) is 4.03. The summed E-state index contributed by atoms with van der Waals surface area (Å²) in [6.07, 6.45) is 0.440. The van der Waals surface area contributed by atoms with E-state index in [0.29, 0.717) is 17.0 Å². The van der Waals surface area contributed by atoms with Crippen LogP contribution in [0, 0.1) is 11.8 Å². The van der Waals surface area contributed by atoms with Gasteiger partial charge in [0, 0.05) is 5.02 Å². The highest BCUT2D eigenvalue weighted by molar-refractivity contribution is 7.80. The van der Waals surface area contributed by atoms with E-state index in [1.807, 2.05) is 13.8 Å². The second-order valence-electron chi connectivity index (χ2n) is 7.50. The Hall–Kier alpha value is -2.52. The molecule has 3 atom stereocenters. The normalized spacial score (nSPS) is 23.3. The number of rotatable bonds is 6. The monoisotopic (exact) mass is 450 g/mol. The van der Waals surface area contributed by atoms with Crippen LogP contribution in [0.4, 0.5) is 0 Å². The summed E-state index contributed by atoms with van der Waals surface area (Å²) in [4.78, 5) is 39.9. The molecule has 10 heteroatoms. The first kappa shape index (κ1) is 22.2. The Morgan fingerprint density at radius 3 is 2.57 bits per heavy atom. The van der Waals surface area contributed by atoms with Gasteiger partial charge in [0.05, 0.1) is 12.6 Å². The molecule has 2 heterocycles. The summed E-state index contributed by atoms with van der Waals surface area (Å²) in [7, 11) is 0. The highest BCUT2D eigenvalue weighted by atomic mass is 35.5. The van der Waals surface area contributed by atoms with E-state index in [2.05, 4.69) is 15.8 Å². The number of esters is 1. The topological polar surface area (TPSA) is 100 Å². The van der Waals surface area contributed by atoms with E-state index < -0.39 is 29.9 Å². The van der Waals surface area contributed by atoms with Crippen LogP contribution in [0.2, 0.25) is 5.02 Å². The third-order valence-corrected chi connectivity index (χ3v) is 5.48. The summed E-state index contributed by atoms with van der Waals surface area (Å²) in [5.74, 6) is -2.36. The zero-order chi connectivity index (χ0) is 22.0. The molecule has 2 N–H and O–H groups in total. The number of thiocarbonyl (C=S) groups is 1. The number of hydrogen-bond donors (Lipinski definition) is 2. The zero-order valence-corrected chi connectivity index (χ0v) is 18.4. The van der Waals surface area contributed by atoms with Crippen LogP contribution in [0.25, 0.3) is 0 Å². The van der Waals surface area contributed by atoms with Crippen LogP contribution in [-0.4, -0.2) is 46.2 Å². The Balaban J connectivity index is 1.98. The van der Waals surface area contributed by atoms with Gasteiger partial charge in [-0.15, -0.1) is 0 Å². The Morgan fingerprint density at radius 2 is 1.97 bits per heavy atom. The van der Waals surface area contributed by atoms with E-state index >= 15 is 0 Å². The van der Waals surface area contributed by atoms with E-state index in [0.717, 1.165) is 0 Å². The van der Waals surface area contributed by atoms with Crippen LogP contribution in [0.15, 0.2) is 29.4 Å². The second-order valence-corrected chi connectivity index (χ2v) is 8.32. The molecule has 1 aromatic rings. The van der Waals surface area contributed by atoms with Gasteiger partial charge in [-0.2, -0.15) is 5.10 Å². The SMILES string of the molecule is CCOC(=O)C1=NNC(c2ccc(Cl)cc2)C1C(=O)N1C(=S)NC(=O)C1CC(C)C. The third kappa shape index (κ3) is 4.32. The molecular formula is C20H23ClN4O4S. The van der Waals surface area contributed by atoms with Crippen molar-refractivity contribution in [1.82, 2.24) is 15.6 Å². The van der Waals surface area contributed by atoms with E-state index in [1.165, 1.54) is 4.90 Å². The Morgan fingerprint density at radius 1 is 1.30 bits per heavy atom. The summed E-state index contributed by atoms with van der Waals surface area (Å²) in [6, 6.07) is 5.51. The molecular weight excluding hydrogens is 428 g/mol. The molecule has 0 aromatic heterocycles. The first-order chi connectivity index (χ1) is 14.2. The first-order valence-electron chi connectivity index (χ1n) is 9.68. The van der Waals surface area contributed by atoms with Gasteiger partial charge in [-0.25, -0.2) is 4.79 Å². The Kier molecular flexibility index (Phi) is 6.72. The molecule has 30 heavy (non-hydrogen) atoms. The minimum absolute atomic E-state index is 0.0283. The highest BCUT2D eigenvalue weighted by Gasteiger charge is 2.49. The lowest BCUT2D eigenvalue weighted by Crippen LogP contribution is -2.48. The van der Waals surface area contributed by atoms with E-state index in [9.17, 15) is 14.4 Å². The van der Waals surface area contributed by atoms with Crippen molar-refractivity contribution in [3.63, 3.8) is 0 Å². The highest BCUT2D eigenvalue weighted by Crippen LogP contribution is 2.33. The quantitative estimate of drug-likeness (QED) is 0.509. The summed E-state index contributed by atoms with van der Waals surface area (Å²) >= 11 is 11.2. The Labute approximate surface area is 185 Å². The van der Waals surface area contributed by atoms with Crippen LogP contribution < -0.4 is 10.7 Å². The average molecular weight is 451 g/mol. The summed E-state index contributed by atoms with van der Waals surface area (Å²) in [5.41, 5.74) is 3.53. The fraction of sp³-hybridized carbons (Fsp3) is 0.450. The fourth-order valence-electron chi connectivity index (χ4n) is 3.59. The van der Waals surface area contributed by atoms with Crippen molar-refractivity contribution in [2.75, 3.05) is 6.61 Å². The summed E-state index contributed by atoms with van der Waals surface area (Å²) in [5, 5.41) is 7.23. The van der Waals surface area contributed by atoms with Gasteiger partial charge in [0.15, 0.2) is 10.8 Å². The number of nitrogens with zero attached hydrogens (tertiary/aromatic N) is 2. The van der Waals surface area contributed by atoms with Crippen molar-refractivity contribution in [1.29, 1.82) is 0 Å². The minimum atomic E-state index is -1.01. The lowest BCUT2D eigenvalue weighted by atomic mass is 9.88. The number of hydrogen-bond acceptors (Lipinski definition) is 7. The number of benzene rings is 1. The molecule has 1 aromatic carbocycles. The number of ether oxygens (including phenoxy) is 1. The third-order valence-electron chi connectivity index (χ3n) is 4.93. The van der Waals surface area contributed by atoms with Gasteiger partial charge in [-0.1, -0.05) is 37.6 Å². The van der Waals surface area contributed by atoms with E-state index in [4.69, 9.17) is 28.6 Å². The molecule has 0 radical (unpaired) electrons. The van der Waals surface area contributed by atoms with Gasteiger partial charge in [0.1, 0.15) is 12.0 Å². The number of hydrazone groups is 1. The van der Waals surface area contributed by atoms with Gasteiger partial charge >= 0.3 is 5.97 Å². The first-order valence-corrected chi connectivity index (χ1v) is 10.5. The van der Waals surface area contributed by atoms with Crippen molar-refractivity contribution >= 4 is 52.4 Å². The number of halogens is 1. The maximum absolute atomic E-state index is 13.7. The predicted octanol–water partition coefficient (Wildman–Crippen LogP) is 2.18. The number of carbonyl (C=O) groups is 3. The van der Waals surface area contributed by atoms with Gasteiger partial charge in [0.2, 0.25) is 11.8 Å². The van der Waals surface area contributed by atoms with E-state index in [-0.39, 0.29) is 29.3 Å². The van der Waals surface area contributed by atoms with Crippen LogP contribution >= 0.6 is 23.8 Å². The standard InChI is InChI=1S/C20H23ClN4O4S/c1-4-29-19(28)16-14(15(23-24-16)11-5-7-12(21)8-6-11)18(27)25-13(9-10(2)3)17(26)22-20(25)30/h5-8,10,13-15,23H,4,9H2,1-3H3,(H,22,26,30). The van der Waals surface area contributed by atoms with Gasteiger partial charge in [-0.05, 0) is 49.2 Å². The average Bonchev–Trinajstić information content (AvgIpc) is 3.23. The van der Waals surface area contributed by atoms with Crippen molar-refractivity contribution in [2.24, 2.45) is 16.9 Å². The van der Waals surface area contributed by atoms with Crippen molar-refractivity contribution in [3.8, 4) is 0 Å². The second kappa shape index (κ2) is 9.09. The maximum Gasteiger partial charge on any atom is 0.355 e. The molecule has 0 bridgehead atoms. The molecule has 3 unspecified atom stereocenters. The van der Waals surface area contributed by atoms with E-state index in [1.54, 1.807) is 31.2 Å². The largest absolute Gasteiger partial charge is 0.461 e. The maximum atomic E-state index is 13.7. The van der Waals surface area contributed by atoms with Gasteiger partial charge in [0.25, 0.3) is 0 Å². The number of carbonyl (C=O) groups excluding carboxylic acids is 3. The lowest BCUT2D eigenvalue weighted by Gasteiger charge is -2.28. The molecule has 160 valence electrons. The Bertz CT molecular complexity index is 903. The van der Waals surface area contributed by atoms with Gasteiger partial charge in [-0.3, -0.25) is 14.5 Å². The van der Waals surface area contributed by atoms with Crippen LogP contribution in [0.3, 0.4) is 0 Å². The van der Waals surface area contributed by atoms with Crippen molar-refractivity contribution in [3.05, 3.63) is 34.9 Å². The smallest absolute Gasteiger partial charge is 0.355 e. The van der Waals surface area contributed by atoms with Gasteiger partial charge < -0.3 is 15.5 Å². The molecule has 0 spiro atoms. The van der Waals surface area contributed by atoms with Crippen LogP contribution in [0.5, 0.6) is 0 Å². The lowest BCUT2D eigenvalue weighted by molar-refractivity contribution is -0.138. The molecule has 0 saturated carbocycles. The molecule has 1 saturated heterocycles. The molecule has 8 nitrogen and oxygen atoms in total. The molecule has 0 aliphatic carbocycles. The minimum Gasteiger partial charge on any atom is -0.461 e. The number of nitrogens with one attached hydrogen (secondary N) is 2. The van der Waals surface area contributed by atoms with Crippen LogP contribution in [0.1, 0.15) is 38.8 Å². The molecule has 2 aliphatic rings. The van der Waals surface area contributed by atoms with Crippen LogP contribution in [-0.2, 0) is 19.1 Å². The molecule has 2 amide bonds. The zero-order valence-electron chi connectivity index (χ0n) is 16.8.